The van der Waals surface area contributed by atoms with Crippen LogP contribution in [0.1, 0.15) is 12.7 Å². The van der Waals surface area contributed by atoms with Crippen LogP contribution in [0.5, 0.6) is 0 Å². The van der Waals surface area contributed by atoms with E-state index in [1.165, 1.54) is 0 Å². The van der Waals surface area contributed by atoms with Gasteiger partial charge in [-0.05, 0) is 52.9 Å². The van der Waals surface area contributed by atoms with Crippen LogP contribution in [0.4, 0.5) is 0 Å². The number of aryl methyl sites for hydroxylation is 1. The molecule has 6 nitrogen and oxygen atoms in total. The maximum atomic E-state index is 5.31. The van der Waals surface area contributed by atoms with Gasteiger partial charge < -0.3 is 0 Å². The van der Waals surface area contributed by atoms with Crippen LogP contribution in [-0.2, 0) is 6.42 Å². The maximum absolute atomic E-state index is 5.31. The molecular weight excluding hydrogens is 685 g/mol. The summed E-state index contributed by atoms with van der Waals surface area (Å²) < 4.78 is 4.27. The molecule has 6 heteroatoms. The van der Waals surface area contributed by atoms with Crippen molar-refractivity contribution in [1.29, 1.82) is 0 Å². The molecule has 0 radical (unpaired) electrons. The monoisotopic (exact) mass is 718 g/mol. The fraction of sp³-hybridized carbons (Fsp3) is 0.0400. The molecule has 0 bridgehead atoms. The van der Waals surface area contributed by atoms with Crippen LogP contribution in [0.25, 0.3) is 99.8 Å². The van der Waals surface area contributed by atoms with E-state index in [9.17, 15) is 0 Å². The molecule has 7 aromatic carbocycles. The highest BCUT2D eigenvalue weighted by Gasteiger charge is 2.20. The number of hydrogen-bond donors (Lipinski definition) is 0. The lowest BCUT2D eigenvalue weighted by molar-refractivity contribution is 0.908. The van der Waals surface area contributed by atoms with Crippen LogP contribution in [0.3, 0.4) is 0 Å². The molecule has 264 valence electrons. The zero-order chi connectivity index (χ0) is 37.2. The Morgan fingerprint density at radius 3 is 1.79 bits per heavy atom. The molecule has 0 aliphatic carbocycles. The molecule has 0 amide bonds. The summed E-state index contributed by atoms with van der Waals surface area (Å²) in [4.78, 5) is 15.7. The molecule has 0 aliphatic rings. The number of pyridine rings is 1. The van der Waals surface area contributed by atoms with Crippen molar-refractivity contribution in [3.05, 3.63) is 182 Å². The van der Waals surface area contributed by atoms with Gasteiger partial charge in [0.05, 0.1) is 39.0 Å². The Hall–Kier alpha value is -7.44. The molecule has 11 aromatic rings. The van der Waals surface area contributed by atoms with E-state index >= 15 is 0 Å². The minimum Gasteiger partial charge on any atom is -0.296 e. The van der Waals surface area contributed by atoms with Crippen molar-refractivity contribution in [2.75, 3.05) is 0 Å². The minimum atomic E-state index is 0.810. The Morgan fingerprint density at radius 2 is 1.07 bits per heavy atom. The van der Waals surface area contributed by atoms with Crippen molar-refractivity contribution in [2.24, 2.45) is 0 Å². The molecule has 4 aromatic heterocycles. The van der Waals surface area contributed by atoms with Gasteiger partial charge in [0.2, 0.25) is 0 Å². The molecule has 0 unspecified atom stereocenters. The van der Waals surface area contributed by atoms with Crippen LogP contribution in [0.15, 0.2) is 176 Å². The number of hydrogen-bond acceptors (Lipinski definition) is 4. The van der Waals surface area contributed by atoms with Gasteiger partial charge in [0.25, 0.3) is 0 Å². The largest absolute Gasteiger partial charge is 0.296 e. The average molecular weight is 719 g/mol. The van der Waals surface area contributed by atoms with E-state index in [1.54, 1.807) is 0 Å². The third-order valence-corrected chi connectivity index (χ3v) is 10.9. The van der Waals surface area contributed by atoms with Gasteiger partial charge in [-0.3, -0.25) is 4.57 Å². The number of imidazole rings is 1. The lowest BCUT2D eigenvalue weighted by atomic mass is 9.97. The third kappa shape index (κ3) is 5.11. The second-order valence-electron chi connectivity index (χ2n) is 14.2. The highest BCUT2D eigenvalue weighted by Crippen LogP contribution is 2.39. The number of nitrogens with zero attached hydrogens (tertiary/aromatic N) is 6. The molecule has 0 N–H and O–H groups in total. The van der Waals surface area contributed by atoms with Crippen molar-refractivity contribution in [3.63, 3.8) is 0 Å². The summed E-state index contributed by atoms with van der Waals surface area (Å²) >= 11 is 0. The molecule has 0 saturated carbocycles. The highest BCUT2D eigenvalue weighted by molar-refractivity contribution is 6.20. The summed E-state index contributed by atoms with van der Waals surface area (Å²) in [7, 11) is 0. The van der Waals surface area contributed by atoms with Gasteiger partial charge in [-0.2, -0.15) is 5.10 Å². The summed E-state index contributed by atoms with van der Waals surface area (Å²) in [5, 5.41) is 9.49. The van der Waals surface area contributed by atoms with Crippen molar-refractivity contribution < 1.29 is 0 Å². The van der Waals surface area contributed by atoms with Gasteiger partial charge >= 0.3 is 0 Å². The van der Waals surface area contributed by atoms with Gasteiger partial charge in [-0.15, -0.1) is 0 Å². The Labute approximate surface area is 323 Å². The lowest BCUT2D eigenvalue weighted by Gasteiger charge is -2.13. The first-order valence-electron chi connectivity index (χ1n) is 19.1. The summed E-state index contributed by atoms with van der Waals surface area (Å²) in [5.74, 6) is 1.84. The van der Waals surface area contributed by atoms with E-state index in [0.717, 1.165) is 112 Å². The predicted molar refractivity (Wildman–Crippen MR) is 229 cm³/mol. The number of benzene rings is 7. The van der Waals surface area contributed by atoms with E-state index in [4.69, 9.17) is 20.1 Å². The van der Waals surface area contributed by atoms with E-state index < -0.39 is 0 Å². The molecule has 11 rings (SSSR count). The van der Waals surface area contributed by atoms with E-state index in [0.29, 0.717) is 0 Å². The van der Waals surface area contributed by atoms with Crippen LogP contribution < -0.4 is 0 Å². The Kier molecular flexibility index (Phi) is 7.35. The summed E-state index contributed by atoms with van der Waals surface area (Å²) in [6.07, 6.45) is 0.813. The van der Waals surface area contributed by atoms with Crippen molar-refractivity contribution >= 4 is 49.1 Å². The third-order valence-electron chi connectivity index (χ3n) is 10.9. The van der Waals surface area contributed by atoms with Crippen LogP contribution in [-0.4, -0.2) is 29.1 Å². The van der Waals surface area contributed by atoms with Crippen LogP contribution in [0, 0.1) is 0 Å². The minimum absolute atomic E-state index is 0.810. The molecule has 0 fully saturated rings. The number of aromatic nitrogens is 6. The van der Waals surface area contributed by atoms with Gasteiger partial charge in [0, 0.05) is 45.0 Å². The zero-order valence-corrected chi connectivity index (χ0v) is 30.6. The molecule has 0 aliphatic heterocycles. The van der Waals surface area contributed by atoms with E-state index in [1.807, 2.05) is 28.8 Å². The average Bonchev–Trinajstić information content (AvgIpc) is 3.90. The normalized spacial score (nSPS) is 11.7. The van der Waals surface area contributed by atoms with E-state index in [2.05, 4.69) is 163 Å². The maximum Gasteiger partial charge on any atom is 0.161 e. The van der Waals surface area contributed by atoms with Gasteiger partial charge in [0.1, 0.15) is 5.82 Å². The number of para-hydroxylation sites is 3. The SMILES string of the molecule is CCc1nc2c3c(-c4ccc(-c5ccc(-c6nc7ccccc7c7cc(-c8ccccc8)nn67)cc5)cc4)nc4ccccc4c3ccc2n1-c1ccccc1. The lowest BCUT2D eigenvalue weighted by Crippen LogP contribution is -1.99. The van der Waals surface area contributed by atoms with Crippen molar-refractivity contribution in [3.8, 4) is 50.7 Å². The first kappa shape index (κ1) is 32.0. The second-order valence-corrected chi connectivity index (χ2v) is 14.2. The topological polar surface area (TPSA) is 60.9 Å². The Balaban J connectivity index is 1.01. The second kappa shape index (κ2) is 12.9. The summed E-state index contributed by atoms with van der Waals surface area (Å²) in [6.45, 7) is 2.17. The van der Waals surface area contributed by atoms with Gasteiger partial charge in [-0.1, -0.05) is 146 Å². The Bertz CT molecular complexity index is 3250. The number of rotatable bonds is 6. The fourth-order valence-corrected chi connectivity index (χ4v) is 8.20. The highest BCUT2D eigenvalue weighted by atomic mass is 15.3. The summed E-state index contributed by atoms with van der Waals surface area (Å²) in [6, 6.07) is 61.5. The summed E-state index contributed by atoms with van der Waals surface area (Å²) in [5.41, 5.74) is 13.4. The fourth-order valence-electron chi connectivity index (χ4n) is 8.20. The smallest absolute Gasteiger partial charge is 0.161 e. The number of fused-ring (bicyclic) bond motifs is 8. The quantitative estimate of drug-likeness (QED) is 0.161. The van der Waals surface area contributed by atoms with Gasteiger partial charge in [0.15, 0.2) is 5.82 Å². The molecule has 0 saturated heterocycles. The molecule has 4 heterocycles. The predicted octanol–water partition coefficient (Wildman–Crippen LogP) is 12.2. The van der Waals surface area contributed by atoms with Crippen molar-refractivity contribution in [2.45, 2.75) is 13.3 Å². The van der Waals surface area contributed by atoms with E-state index in [-0.39, 0.29) is 0 Å². The molecular formula is C50H34N6. The molecule has 0 atom stereocenters. The first-order valence-corrected chi connectivity index (χ1v) is 19.1. The molecule has 56 heavy (non-hydrogen) atoms. The zero-order valence-electron chi connectivity index (χ0n) is 30.6. The van der Waals surface area contributed by atoms with Crippen molar-refractivity contribution in [1.82, 2.24) is 29.1 Å². The standard InChI is InChI=1S/C50H34N6/c1-2-46-53-49-44(55(46)37-15-7-4-8-16-37)30-29-39-38-17-9-11-19-41(38)51-48(47(39)49)35-25-21-32(22-26-35)33-23-27-36(28-24-33)50-52-42-20-12-10-18-40(42)45-31-43(54-56(45)50)34-13-5-3-6-14-34/h3-31H,2H2,1H3. The van der Waals surface area contributed by atoms with Crippen LogP contribution >= 0.6 is 0 Å². The van der Waals surface area contributed by atoms with Gasteiger partial charge in [-0.25, -0.2) is 19.5 Å². The first-order chi connectivity index (χ1) is 27.7. The Morgan fingerprint density at radius 1 is 0.464 bits per heavy atom. The van der Waals surface area contributed by atoms with Crippen LogP contribution in [0.2, 0.25) is 0 Å². The molecule has 0 spiro atoms.